The molecule has 1 aliphatic rings. The van der Waals surface area contributed by atoms with E-state index < -0.39 is 17.5 Å². The molecule has 28 heavy (non-hydrogen) atoms. The largest absolute Gasteiger partial charge is 0.454 e. The van der Waals surface area contributed by atoms with Gasteiger partial charge >= 0.3 is 5.97 Å². The van der Waals surface area contributed by atoms with Crippen molar-refractivity contribution in [2.24, 2.45) is 0 Å². The summed E-state index contributed by atoms with van der Waals surface area (Å²) < 4.78 is 12.7. The lowest BCUT2D eigenvalue weighted by Gasteiger charge is -2.14. The van der Waals surface area contributed by atoms with E-state index in [1.54, 1.807) is 6.07 Å². The van der Waals surface area contributed by atoms with Gasteiger partial charge < -0.3 is 14.0 Å². The zero-order valence-corrected chi connectivity index (χ0v) is 15.8. The van der Waals surface area contributed by atoms with Crippen LogP contribution >= 0.6 is 0 Å². The normalized spacial score (nSPS) is 16.1. The lowest BCUT2D eigenvalue weighted by molar-refractivity contribution is -0.385. The molecule has 2 aromatic rings. The molecule has 1 fully saturated rings. The summed E-state index contributed by atoms with van der Waals surface area (Å²) in [5, 5.41) is 11.0. The molecule has 0 unspecified atom stereocenters. The van der Waals surface area contributed by atoms with Crippen LogP contribution in [-0.2, 0) is 16.0 Å². The van der Waals surface area contributed by atoms with E-state index in [1.807, 2.05) is 18.4 Å². The predicted molar refractivity (Wildman–Crippen MR) is 101 cm³/mol. The van der Waals surface area contributed by atoms with Crippen LogP contribution < -0.4 is 0 Å². The van der Waals surface area contributed by atoms with Gasteiger partial charge in [-0.2, -0.15) is 0 Å². The van der Waals surface area contributed by atoms with E-state index in [1.165, 1.54) is 24.3 Å². The van der Waals surface area contributed by atoms with Crippen LogP contribution in [-0.4, -0.2) is 40.6 Å². The Morgan fingerprint density at radius 3 is 2.71 bits per heavy atom. The molecule has 0 spiro atoms. The molecule has 1 aliphatic heterocycles. The highest BCUT2D eigenvalue weighted by Crippen LogP contribution is 2.22. The molecule has 0 radical (unpaired) electrons. The average molecular weight is 386 g/mol. The topological polar surface area (TPSA) is 101 Å². The lowest BCUT2D eigenvalue weighted by Crippen LogP contribution is -2.18. The fraction of sp³-hybridized carbons (Fsp3) is 0.400. The zero-order chi connectivity index (χ0) is 20.3. The van der Waals surface area contributed by atoms with Crippen molar-refractivity contribution >= 4 is 17.4 Å². The molecule has 0 aliphatic carbocycles. The van der Waals surface area contributed by atoms with Crippen molar-refractivity contribution in [1.82, 2.24) is 4.57 Å². The Labute approximate surface area is 162 Å². The molecule has 1 aromatic heterocycles. The van der Waals surface area contributed by atoms with Gasteiger partial charge in [-0.25, -0.2) is 4.79 Å². The third kappa shape index (κ3) is 4.12. The van der Waals surface area contributed by atoms with Gasteiger partial charge in [0.2, 0.25) is 5.78 Å². The van der Waals surface area contributed by atoms with Gasteiger partial charge in [0.15, 0.2) is 6.61 Å². The van der Waals surface area contributed by atoms with Gasteiger partial charge in [-0.05, 0) is 38.8 Å². The zero-order valence-electron chi connectivity index (χ0n) is 15.8. The first-order valence-electron chi connectivity index (χ1n) is 9.10. The van der Waals surface area contributed by atoms with Gasteiger partial charge in [0, 0.05) is 36.2 Å². The van der Waals surface area contributed by atoms with Crippen LogP contribution in [0, 0.1) is 24.0 Å². The molecule has 8 heteroatoms. The summed E-state index contributed by atoms with van der Waals surface area (Å²) in [4.78, 5) is 35.1. The molecule has 1 saturated heterocycles. The Morgan fingerprint density at radius 1 is 1.29 bits per heavy atom. The minimum Gasteiger partial charge on any atom is -0.454 e. The van der Waals surface area contributed by atoms with Crippen molar-refractivity contribution in [2.45, 2.75) is 39.3 Å². The number of hydrogen-bond acceptors (Lipinski definition) is 6. The number of benzene rings is 1. The lowest BCUT2D eigenvalue weighted by atomic mass is 10.1. The standard InChI is InChI=1S/C20H22N2O6/c1-13-10-17(14(2)21(13)11-15-6-5-9-27-15)19(23)12-28-20(24)16-7-3-4-8-18(16)22(25)26/h3-4,7-8,10,15H,5-6,9,11-12H2,1-2H3/t15-/m0/s1. The van der Waals surface area contributed by atoms with Crippen LogP contribution in [0.4, 0.5) is 5.69 Å². The van der Waals surface area contributed by atoms with Crippen LogP contribution in [0.1, 0.15) is 44.9 Å². The molecule has 0 saturated carbocycles. The van der Waals surface area contributed by atoms with E-state index in [0.29, 0.717) is 12.1 Å². The number of Topliss-reactive ketones (excluding diaryl/α,β-unsaturated/α-hetero) is 1. The van der Waals surface area contributed by atoms with E-state index in [9.17, 15) is 19.7 Å². The van der Waals surface area contributed by atoms with E-state index in [2.05, 4.69) is 0 Å². The first-order chi connectivity index (χ1) is 13.4. The maximum atomic E-state index is 12.6. The minimum atomic E-state index is -0.895. The second-order valence-electron chi connectivity index (χ2n) is 6.80. The first kappa shape index (κ1) is 19.8. The maximum absolute atomic E-state index is 12.6. The number of nitro groups is 1. The van der Waals surface area contributed by atoms with Gasteiger partial charge in [0.05, 0.1) is 11.0 Å². The number of nitro benzene ring substituents is 1. The smallest absolute Gasteiger partial charge is 0.345 e. The van der Waals surface area contributed by atoms with Crippen LogP contribution in [0.15, 0.2) is 30.3 Å². The Bertz CT molecular complexity index is 911. The van der Waals surface area contributed by atoms with Crippen molar-refractivity contribution in [2.75, 3.05) is 13.2 Å². The number of ether oxygens (including phenoxy) is 2. The fourth-order valence-electron chi connectivity index (χ4n) is 3.45. The molecule has 0 bridgehead atoms. The van der Waals surface area contributed by atoms with Crippen molar-refractivity contribution < 1.29 is 24.0 Å². The van der Waals surface area contributed by atoms with Crippen molar-refractivity contribution in [3.8, 4) is 0 Å². The van der Waals surface area contributed by atoms with Crippen LogP contribution in [0.25, 0.3) is 0 Å². The summed E-state index contributed by atoms with van der Waals surface area (Å²) in [5.41, 5.74) is 1.67. The second kappa shape index (κ2) is 8.35. The minimum absolute atomic E-state index is 0.143. The Morgan fingerprint density at radius 2 is 2.04 bits per heavy atom. The molecule has 148 valence electrons. The second-order valence-corrected chi connectivity index (χ2v) is 6.80. The number of ketones is 1. The number of carbonyl (C=O) groups is 2. The molecule has 1 atom stereocenters. The summed E-state index contributed by atoms with van der Waals surface area (Å²) in [6.45, 7) is 4.73. The summed E-state index contributed by atoms with van der Waals surface area (Å²) in [6.07, 6.45) is 2.18. The molecule has 0 amide bonds. The van der Waals surface area contributed by atoms with Gasteiger partial charge in [-0.1, -0.05) is 12.1 Å². The molecule has 8 nitrogen and oxygen atoms in total. The highest BCUT2D eigenvalue weighted by molar-refractivity contribution is 6.01. The van der Waals surface area contributed by atoms with Gasteiger partial charge in [0.1, 0.15) is 5.56 Å². The number of rotatable bonds is 7. The van der Waals surface area contributed by atoms with E-state index >= 15 is 0 Å². The maximum Gasteiger partial charge on any atom is 0.345 e. The highest BCUT2D eigenvalue weighted by Gasteiger charge is 2.24. The third-order valence-corrected chi connectivity index (χ3v) is 4.94. The molecular formula is C20H22N2O6. The van der Waals surface area contributed by atoms with Crippen molar-refractivity contribution in [3.63, 3.8) is 0 Å². The predicted octanol–water partition coefficient (Wildman–Crippen LogP) is 3.23. The van der Waals surface area contributed by atoms with Gasteiger partial charge in [-0.15, -0.1) is 0 Å². The number of esters is 1. The molecule has 2 heterocycles. The van der Waals surface area contributed by atoms with Gasteiger partial charge in [0.25, 0.3) is 5.69 Å². The highest BCUT2D eigenvalue weighted by atomic mass is 16.6. The molecule has 0 N–H and O–H groups in total. The number of nitrogens with zero attached hydrogens (tertiary/aromatic N) is 2. The first-order valence-corrected chi connectivity index (χ1v) is 9.10. The fourth-order valence-corrected chi connectivity index (χ4v) is 3.45. The van der Waals surface area contributed by atoms with Crippen LogP contribution in [0.5, 0.6) is 0 Å². The van der Waals surface area contributed by atoms with E-state index in [-0.39, 0.29) is 23.1 Å². The Balaban J connectivity index is 1.68. The third-order valence-electron chi connectivity index (χ3n) is 4.94. The Hall–Kier alpha value is -3.00. The monoisotopic (exact) mass is 386 g/mol. The van der Waals surface area contributed by atoms with Crippen LogP contribution in [0.3, 0.4) is 0 Å². The SMILES string of the molecule is Cc1cc(C(=O)COC(=O)c2ccccc2[N+](=O)[O-])c(C)n1C[C@@H]1CCCO1. The number of hydrogen-bond donors (Lipinski definition) is 0. The number of aryl methyl sites for hydroxylation is 1. The van der Waals surface area contributed by atoms with Gasteiger partial charge in [-0.3, -0.25) is 14.9 Å². The van der Waals surface area contributed by atoms with Crippen molar-refractivity contribution in [3.05, 3.63) is 63.0 Å². The average Bonchev–Trinajstić information content (AvgIpc) is 3.29. The number of carbonyl (C=O) groups excluding carboxylic acids is 2. The summed E-state index contributed by atoms with van der Waals surface area (Å²) in [7, 11) is 0. The quantitative estimate of drug-likeness (QED) is 0.313. The van der Waals surface area contributed by atoms with E-state index in [4.69, 9.17) is 9.47 Å². The van der Waals surface area contributed by atoms with Crippen molar-refractivity contribution in [1.29, 1.82) is 0 Å². The number of aromatic nitrogens is 1. The summed E-state index contributed by atoms with van der Waals surface area (Å²) in [5.74, 6) is -1.24. The summed E-state index contributed by atoms with van der Waals surface area (Å²) >= 11 is 0. The summed E-state index contributed by atoms with van der Waals surface area (Å²) in [6, 6.07) is 7.26. The molecular weight excluding hydrogens is 364 g/mol. The van der Waals surface area contributed by atoms with Crippen LogP contribution in [0.2, 0.25) is 0 Å². The molecule has 3 rings (SSSR count). The Kier molecular flexibility index (Phi) is 5.89. The number of para-hydroxylation sites is 1. The van der Waals surface area contributed by atoms with E-state index in [0.717, 1.165) is 30.8 Å². The molecule has 1 aromatic carbocycles.